The minimum Gasteiger partial charge on any atom is -0.439 e. The van der Waals surface area contributed by atoms with Gasteiger partial charge in [-0.3, -0.25) is 20.2 Å². The second-order valence-corrected chi connectivity index (χ2v) is 5.27. The summed E-state index contributed by atoms with van der Waals surface area (Å²) < 4.78 is 5.62. The van der Waals surface area contributed by atoms with Crippen molar-refractivity contribution >= 4 is 17.8 Å². The minimum absolute atomic E-state index is 0.343. The molecule has 0 unspecified atom stereocenters. The summed E-state index contributed by atoms with van der Waals surface area (Å²) in [5.41, 5.74) is 1.58. The van der Waals surface area contributed by atoms with Gasteiger partial charge < -0.3 is 4.74 Å². The monoisotopic (exact) mass is 325 g/mol. The standard InChI is InChI=1S/C17H15N3O4/c1-2-10-3-6-12(7-4-10)24-13-8-5-11(9-18-13)14-15(21)19-17(23)20-16(14)22/h3-9,14H,2H2,1H3,(H2,19,20,21,22,23). The van der Waals surface area contributed by atoms with E-state index in [1.807, 2.05) is 24.3 Å². The van der Waals surface area contributed by atoms with Crippen LogP contribution < -0.4 is 15.4 Å². The summed E-state index contributed by atoms with van der Waals surface area (Å²) in [6.07, 6.45) is 2.33. The first-order valence-corrected chi connectivity index (χ1v) is 7.45. The zero-order valence-corrected chi connectivity index (χ0v) is 12.9. The zero-order chi connectivity index (χ0) is 17.1. The van der Waals surface area contributed by atoms with Crippen LogP contribution >= 0.6 is 0 Å². The predicted octanol–water partition coefficient (Wildman–Crippen LogP) is 1.89. The number of amides is 4. The number of nitrogens with one attached hydrogen (secondary N) is 2. The number of imide groups is 2. The summed E-state index contributed by atoms with van der Waals surface area (Å²) in [5.74, 6) is -1.46. The third-order valence-corrected chi connectivity index (χ3v) is 3.64. The van der Waals surface area contributed by atoms with E-state index >= 15 is 0 Å². The van der Waals surface area contributed by atoms with Crippen LogP contribution in [0.4, 0.5) is 4.79 Å². The smallest absolute Gasteiger partial charge is 0.328 e. The number of hydrogen-bond acceptors (Lipinski definition) is 5. The number of benzene rings is 1. The Labute approximate surface area is 138 Å². The van der Waals surface area contributed by atoms with Gasteiger partial charge in [-0.25, -0.2) is 9.78 Å². The van der Waals surface area contributed by atoms with Crippen molar-refractivity contribution in [2.75, 3.05) is 0 Å². The van der Waals surface area contributed by atoms with Gasteiger partial charge in [0.2, 0.25) is 17.7 Å². The molecule has 122 valence electrons. The molecule has 2 heterocycles. The van der Waals surface area contributed by atoms with E-state index in [1.165, 1.54) is 11.8 Å². The zero-order valence-electron chi connectivity index (χ0n) is 12.9. The van der Waals surface area contributed by atoms with Crippen molar-refractivity contribution in [3.05, 3.63) is 53.7 Å². The van der Waals surface area contributed by atoms with Gasteiger partial charge in [0, 0.05) is 12.3 Å². The van der Waals surface area contributed by atoms with Crippen LogP contribution in [0.25, 0.3) is 0 Å². The fourth-order valence-electron chi connectivity index (χ4n) is 2.36. The molecule has 1 fully saturated rings. The summed E-state index contributed by atoms with van der Waals surface area (Å²) in [7, 11) is 0. The van der Waals surface area contributed by atoms with Gasteiger partial charge >= 0.3 is 6.03 Å². The second kappa shape index (κ2) is 6.49. The van der Waals surface area contributed by atoms with Crippen LogP contribution in [-0.4, -0.2) is 22.8 Å². The molecule has 2 N–H and O–H groups in total. The largest absolute Gasteiger partial charge is 0.439 e. The molecule has 1 saturated heterocycles. The first-order valence-electron chi connectivity index (χ1n) is 7.45. The van der Waals surface area contributed by atoms with Gasteiger partial charge in [-0.05, 0) is 29.7 Å². The number of aryl methyl sites for hydroxylation is 1. The first kappa shape index (κ1) is 15.7. The molecule has 0 aliphatic carbocycles. The topological polar surface area (TPSA) is 97.4 Å². The van der Waals surface area contributed by atoms with Crippen LogP contribution in [-0.2, 0) is 16.0 Å². The maximum Gasteiger partial charge on any atom is 0.328 e. The van der Waals surface area contributed by atoms with E-state index in [1.54, 1.807) is 12.1 Å². The molecular weight excluding hydrogens is 310 g/mol. The lowest BCUT2D eigenvalue weighted by Crippen LogP contribution is -2.54. The lowest BCUT2D eigenvalue weighted by molar-refractivity contribution is -0.132. The molecule has 2 aromatic rings. The highest BCUT2D eigenvalue weighted by atomic mass is 16.5. The van der Waals surface area contributed by atoms with Gasteiger partial charge in [-0.2, -0.15) is 0 Å². The van der Waals surface area contributed by atoms with Crippen LogP contribution in [0.5, 0.6) is 11.6 Å². The molecule has 0 spiro atoms. The van der Waals surface area contributed by atoms with E-state index < -0.39 is 23.8 Å². The van der Waals surface area contributed by atoms with Crippen LogP contribution in [0.1, 0.15) is 24.0 Å². The molecule has 0 radical (unpaired) electrons. The Morgan fingerprint density at radius 2 is 1.67 bits per heavy atom. The summed E-state index contributed by atoms with van der Waals surface area (Å²) in [6.45, 7) is 2.07. The summed E-state index contributed by atoms with van der Waals surface area (Å²) in [4.78, 5) is 38.8. The van der Waals surface area contributed by atoms with Crippen molar-refractivity contribution in [2.45, 2.75) is 19.3 Å². The average Bonchev–Trinajstić information content (AvgIpc) is 2.56. The highest BCUT2D eigenvalue weighted by molar-refractivity contribution is 6.19. The van der Waals surface area contributed by atoms with Gasteiger partial charge in [0.15, 0.2) is 0 Å². The Hall–Kier alpha value is -3.22. The molecule has 1 aromatic heterocycles. The summed E-state index contributed by atoms with van der Waals surface area (Å²) >= 11 is 0. The Bertz CT molecular complexity index is 764. The van der Waals surface area contributed by atoms with E-state index in [4.69, 9.17) is 4.74 Å². The molecule has 1 aliphatic heterocycles. The van der Waals surface area contributed by atoms with Crippen molar-refractivity contribution in [3.63, 3.8) is 0 Å². The predicted molar refractivity (Wildman–Crippen MR) is 84.6 cm³/mol. The number of urea groups is 1. The maximum absolute atomic E-state index is 11.8. The number of pyridine rings is 1. The lowest BCUT2D eigenvalue weighted by atomic mass is 9.98. The molecule has 24 heavy (non-hydrogen) atoms. The third-order valence-electron chi connectivity index (χ3n) is 3.64. The lowest BCUT2D eigenvalue weighted by Gasteiger charge is -2.20. The Balaban J connectivity index is 1.74. The quantitative estimate of drug-likeness (QED) is 0.837. The first-order chi connectivity index (χ1) is 11.6. The number of nitrogens with zero attached hydrogens (tertiary/aromatic N) is 1. The number of carbonyl (C=O) groups excluding carboxylic acids is 3. The third kappa shape index (κ3) is 3.24. The number of ether oxygens (including phenoxy) is 1. The Morgan fingerprint density at radius 1 is 1.00 bits per heavy atom. The van der Waals surface area contributed by atoms with Crippen molar-refractivity contribution in [1.82, 2.24) is 15.6 Å². The second-order valence-electron chi connectivity index (χ2n) is 5.27. The van der Waals surface area contributed by atoms with Gasteiger partial charge in [-0.1, -0.05) is 25.1 Å². The highest BCUT2D eigenvalue weighted by Crippen LogP contribution is 2.23. The van der Waals surface area contributed by atoms with Gasteiger partial charge in [-0.15, -0.1) is 0 Å². The Kier molecular flexibility index (Phi) is 4.24. The fraction of sp³-hybridized carbons (Fsp3) is 0.176. The minimum atomic E-state index is -1.10. The summed E-state index contributed by atoms with van der Waals surface area (Å²) in [6, 6.07) is 9.96. The van der Waals surface area contributed by atoms with E-state index in [0.717, 1.165) is 6.42 Å². The molecule has 4 amide bonds. The number of rotatable bonds is 4. The summed E-state index contributed by atoms with van der Waals surface area (Å²) in [5, 5.41) is 4.11. The van der Waals surface area contributed by atoms with Crippen molar-refractivity contribution in [2.24, 2.45) is 0 Å². The van der Waals surface area contributed by atoms with Gasteiger partial charge in [0.05, 0.1) is 0 Å². The number of hydrogen-bond donors (Lipinski definition) is 2. The molecule has 0 bridgehead atoms. The molecule has 0 saturated carbocycles. The average molecular weight is 325 g/mol. The maximum atomic E-state index is 11.8. The van der Waals surface area contributed by atoms with Crippen molar-refractivity contribution in [1.29, 1.82) is 0 Å². The SMILES string of the molecule is CCc1ccc(Oc2ccc(C3C(=O)NC(=O)NC3=O)cn2)cc1. The molecule has 0 atom stereocenters. The van der Waals surface area contributed by atoms with Gasteiger partial charge in [0.25, 0.3) is 0 Å². The highest BCUT2D eigenvalue weighted by Gasteiger charge is 2.35. The molecule has 7 heteroatoms. The van der Waals surface area contributed by atoms with Crippen molar-refractivity contribution in [3.8, 4) is 11.6 Å². The normalized spacial score (nSPS) is 15.0. The molecule has 3 rings (SSSR count). The molecular formula is C17H15N3O4. The van der Waals surface area contributed by atoms with Crippen LogP contribution in [0.15, 0.2) is 42.6 Å². The number of aromatic nitrogens is 1. The Morgan fingerprint density at radius 3 is 2.21 bits per heavy atom. The molecule has 7 nitrogen and oxygen atoms in total. The van der Waals surface area contributed by atoms with E-state index in [0.29, 0.717) is 17.2 Å². The van der Waals surface area contributed by atoms with E-state index in [9.17, 15) is 14.4 Å². The van der Waals surface area contributed by atoms with Crippen molar-refractivity contribution < 1.29 is 19.1 Å². The molecule has 1 aliphatic rings. The molecule has 1 aromatic carbocycles. The number of carbonyl (C=O) groups is 3. The van der Waals surface area contributed by atoms with E-state index in [2.05, 4.69) is 22.5 Å². The van der Waals surface area contributed by atoms with Crippen LogP contribution in [0.2, 0.25) is 0 Å². The van der Waals surface area contributed by atoms with Crippen LogP contribution in [0.3, 0.4) is 0 Å². The van der Waals surface area contributed by atoms with Gasteiger partial charge in [0.1, 0.15) is 11.7 Å². The van der Waals surface area contributed by atoms with Crippen LogP contribution in [0, 0.1) is 0 Å². The fourth-order valence-corrected chi connectivity index (χ4v) is 2.36. The van der Waals surface area contributed by atoms with E-state index in [-0.39, 0.29) is 0 Å². The number of barbiturate groups is 1.